The minimum absolute atomic E-state index is 0.108. The highest BCUT2D eigenvalue weighted by atomic mass is 35.5. The lowest BCUT2D eigenvalue weighted by molar-refractivity contribution is 0.0342. The normalized spacial score (nSPS) is 18.4. The highest BCUT2D eigenvalue weighted by Crippen LogP contribution is 2.25. The molecule has 2 heterocycles. The molecule has 2 aromatic rings. The second kappa shape index (κ2) is 11.6. The molecule has 0 unspecified atom stereocenters. The molecule has 0 aliphatic carbocycles. The molecule has 2 aromatic carbocycles. The van der Waals surface area contributed by atoms with Crippen LogP contribution in [0, 0.1) is 0 Å². The van der Waals surface area contributed by atoms with Crippen molar-refractivity contribution in [1.29, 1.82) is 0 Å². The Bertz CT molecular complexity index is 1080. The number of amides is 1. The van der Waals surface area contributed by atoms with Gasteiger partial charge in [0.25, 0.3) is 5.91 Å². The van der Waals surface area contributed by atoms with E-state index < -0.39 is 15.9 Å². The third kappa shape index (κ3) is 6.37. The monoisotopic (exact) mass is 505 g/mol. The lowest BCUT2D eigenvalue weighted by Crippen LogP contribution is -2.35. The second-order valence-corrected chi connectivity index (χ2v) is 11.2. The van der Waals surface area contributed by atoms with Gasteiger partial charge in [-0.05, 0) is 42.2 Å². The molecule has 0 spiro atoms. The summed E-state index contributed by atoms with van der Waals surface area (Å²) in [6.07, 6.45) is 3.78. The third-order valence-corrected chi connectivity index (χ3v) is 8.60. The maximum absolute atomic E-state index is 13.1. The zero-order chi connectivity index (χ0) is 24.0. The number of nitrogens with zero attached hydrogens (tertiary/aromatic N) is 2. The Morgan fingerprint density at radius 1 is 0.912 bits per heavy atom. The van der Waals surface area contributed by atoms with Crippen LogP contribution < -0.4 is 5.32 Å². The number of sulfonamides is 1. The number of hydrogen-bond acceptors (Lipinski definition) is 5. The SMILES string of the molecule is O=C(NCc1ccc(CN2CCOCC2)cc1)c1cc(S(=O)(=O)N2CCCCCC2)ccc1Cl. The van der Waals surface area contributed by atoms with Gasteiger partial charge in [0.05, 0.1) is 28.7 Å². The van der Waals surface area contributed by atoms with Crippen LogP contribution >= 0.6 is 11.6 Å². The van der Waals surface area contributed by atoms with E-state index in [2.05, 4.69) is 22.3 Å². The van der Waals surface area contributed by atoms with E-state index in [0.29, 0.717) is 19.6 Å². The molecule has 2 aliphatic rings. The first-order valence-electron chi connectivity index (χ1n) is 11.9. The number of hydrogen-bond donors (Lipinski definition) is 1. The van der Waals surface area contributed by atoms with Gasteiger partial charge in [-0.1, -0.05) is 48.7 Å². The number of morpholine rings is 1. The highest BCUT2D eigenvalue weighted by molar-refractivity contribution is 7.89. The van der Waals surface area contributed by atoms with Crippen LogP contribution in [0.2, 0.25) is 5.02 Å². The molecular formula is C25H32ClN3O4S. The summed E-state index contributed by atoms with van der Waals surface area (Å²) in [7, 11) is -3.66. The summed E-state index contributed by atoms with van der Waals surface area (Å²) >= 11 is 6.27. The Balaban J connectivity index is 1.39. The largest absolute Gasteiger partial charge is 0.379 e. The zero-order valence-electron chi connectivity index (χ0n) is 19.3. The Kier molecular flexibility index (Phi) is 8.60. The molecule has 0 aromatic heterocycles. The fraction of sp³-hybridized carbons (Fsp3) is 0.480. The maximum Gasteiger partial charge on any atom is 0.253 e. The van der Waals surface area contributed by atoms with E-state index in [1.54, 1.807) is 0 Å². The van der Waals surface area contributed by atoms with Crippen molar-refractivity contribution < 1.29 is 17.9 Å². The van der Waals surface area contributed by atoms with Crippen molar-refractivity contribution in [3.8, 4) is 0 Å². The summed E-state index contributed by atoms with van der Waals surface area (Å²) in [4.78, 5) is 15.3. The first-order chi connectivity index (χ1) is 16.4. The smallest absolute Gasteiger partial charge is 0.253 e. The van der Waals surface area contributed by atoms with Crippen molar-refractivity contribution in [3.05, 3.63) is 64.2 Å². The summed E-state index contributed by atoms with van der Waals surface area (Å²) in [5.41, 5.74) is 2.34. The van der Waals surface area contributed by atoms with E-state index in [1.807, 2.05) is 12.1 Å². The molecule has 0 radical (unpaired) electrons. The average molecular weight is 506 g/mol. The van der Waals surface area contributed by atoms with Crippen molar-refractivity contribution in [3.63, 3.8) is 0 Å². The standard InChI is InChI=1S/C25H32ClN3O4S/c26-24-10-9-22(34(31,32)29-11-3-1-2-4-12-29)17-23(24)25(30)27-18-20-5-7-21(8-6-20)19-28-13-15-33-16-14-28/h5-10,17H,1-4,11-16,18-19H2,(H,27,30). The van der Waals surface area contributed by atoms with Crippen LogP contribution in [0.4, 0.5) is 0 Å². The summed E-state index contributed by atoms with van der Waals surface area (Å²) in [6, 6.07) is 12.5. The maximum atomic E-state index is 13.1. The van der Waals surface area contributed by atoms with Crippen LogP contribution in [0.15, 0.2) is 47.4 Å². The molecule has 9 heteroatoms. The average Bonchev–Trinajstić information content (AvgIpc) is 3.15. The number of rotatable bonds is 7. The van der Waals surface area contributed by atoms with Gasteiger partial charge < -0.3 is 10.1 Å². The van der Waals surface area contributed by atoms with Gasteiger partial charge in [-0.25, -0.2) is 8.42 Å². The van der Waals surface area contributed by atoms with Gasteiger partial charge in [0.15, 0.2) is 0 Å². The van der Waals surface area contributed by atoms with Crippen molar-refractivity contribution in [2.45, 2.75) is 43.7 Å². The zero-order valence-corrected chi connectivity index (χ0v) is 20.9. The lowest BCUT2D eigenvalue weighted by Gasteiger charge is -2.26. The van der Waals surface area contributed by atoms with Crippen molar-refractivity contribution in [2.24, 2.45) is 0 Å². The van der Waals surface area contributed by atoms with Gasteiger partial charge in [0.2, 0.25) is 10.0 Å². The van der Waals surface area contributed by atoms with E-state index in [0.717, 1.165) is 64.1 Å². The van der Waals surface area contributed by atoms with Crippen LogP contribution in [-0.4, -0.2) is 62.9 Å². The summed E-state index contributed by atoms with van der Waals surface area (Å²) in [5, 5.41) is 3.10. The molecule has 0 atom stereocenters. The van der Waals surface area contributed by atoms with Crippen molar-refractivity contribution in [2.75, 3.05) is 39.4 Å². The van der Waals surface area contributed by atoms with Crippen LogP contribution in [0.3, 0.4) is 0 Å². The predicted octanol–water partition coefficient (Wildman–Crippen LogP) is 3.67. The Morgan fingerprint density at radius 3 is 2.24 bits per heavy atom. The molecule has 0 bridgehead atoms. The number of benzene rings is 2. The number of carbonyl (C=O) groups is 1. The molecule has 184 valence electrons. The molecule has 2 aliphatic heterocycles. The number of nitrogens with one attached hydrogen (secondary N) is 1. The molecule has 34 heavy (non-hydrogen) atoms. The van der Waals surface area contributed by atoms with E-state index in [-0.39, 0.29) is 15.5 Å². The molecule has 1 amide bonds. The Hall–Kier alpha value is -1.97. The highest BCUT2D eigenvalue weighted by Gasteiger charge is 2.26. The molecule has 7 nitrogen and oxygen atoms in total. The Labute approximate surface area is 207 Å². The fourth-order valence-electron chi connectivity index (χ4n) is 4.33. The molecule has 0 saturated carbocycles. The van der Waals surface area contributed by atoms with Crippen LogP contribution in [0.5, 0.6) is 0 Å². The van der Waals surface area contributed by atoms with E-state index >= 15 is 0 Å². The van der Waals surface area contributed by atoms with E-state index in [4.69, 9.17) is 16.3 Å². The van der Waals surface area contributed by atoms with E-state index in [1.165, 1.54) is 28.1 Å². The molecule has 2 fully saturated rings. The van der Waals surface area contributed by atoms with Crippen LogP contribution in [0.25, 0.3) is 0 Å². The van der Waals surface area contributed by atoms with Gasteiger partial charge in [-0.3, -0.25) is 9.69 Å². The van der Waals surface area contributed by atoms with Crippen molar-refractivity contribution >= 4 is 27.5 Å². The quantitative estimate of drug-likeness (QED) is 0.621. The van der Waals surface area contributed by atoms with Gasteiger partial charge >= 0.3 is 0 Å². The predicted molar refractivity (Wildman–Crippen MR) is 132 cm³/mol. The number of ether oxygens (including phenoxy) is 1. The molecule has 4 rings (SSSR count). The Morgan fingerprint density at radius 2 is 1.56 bits per heavy atom. The lowest BCUT2D eigenvalue weighted by atomic mass is 10.1. The summed E-state index contributed by atoms with van der Waals surface area (Å²) in [5.74, 6) is -0.393. The first kappa shape index (κ1) is 25.1. The van der Waals surface area contributed by atoms with Gasteiger partial charge in [0.1, 0.15) is 0 Å². The molecular weight excluding hydrogens is 474 g/mol. The van der Waals surface area contributed by atoms with Gasteiger partial charge in [0, 0.05) is 39.3 Å². The minimum Gasteiger partial charge on any atom is -0.379 e. The fourth-order valence-corrected chi connectivity index (χ4v) is 6.07. The summed E-state index contributed by atoms with van der Waals surface area (Å²) in [6.45, 7) is 5.64. The minimum atomic E-state index is -3.66. The van der Waals surface area contributed by atoms with Crippen molar-refractivity contribution in [1.82, 2.24) is 14.5 Å². The topological polar surface area (TPSA) is 79.0 Å². The first-order valence-corrected chi connectivity index (χ1v) is 13.7. The molecule has 1 N–H and O–H groups in total. The van der Waals surface area contributed by atoms with Crippen LogP contribution in [-0.2, 0) is 27.8 Å². The van der Waals surface area contributed by atoms with Gasteiger partial charge in [-0.2, -0.15) is 4.31 Å². The van der Waals surface area contributed by atoms with Gasteiger partial charge in [-0.15, -0.1) is 0 Å². The third-order valence-electron chi connectivity index (χ3n) is 6.37. The second-order valence-electron chi connectivity index (χ2n) is 8.85. The van der Waals surface area contributed by atoms with Crippen LogP contribution in [0.1, 0.15) is 47.2 Å². The number of halogens is 1. The molecule has 2 saturated heterocycles. The number of carbonyl (C=O) groups excluding carboxylic acids is 1. The van der Waals surface area contributed by atoms with E-state index in [9.17, 15) is 13.2 Å². The summed E-state index contributed by atoms with van der Waals surface area (Å²) < 4.78 is 33.1.